The van der Waals surface area contributed by atoms with Crippen LogP contribution in [0.25, 0.3) is 5.69 Å². The molecule has 27 heavy (non-hydrogen) atoms. The van der Waals surface area contributed by atoms with Crippen molar-refractivity contribution in [2.45, 2.75) is 12.8 Å². The first-order valence-electron chi connectivity index (χ1n) is 8.11. The number of hydrogen-bond acceptors (Lipinski definition) is 7. The van der Waals surface area contributed by atoms with Crippen LogP contribution in [0.1, 0.15) is 33.0 Å². The first-order chi connectivity index (χ1) is 13.1. The molecular formula is C17H17N5O5. The molecule has 0 saturated heterocycles. The highest BCUT2D eigenvalue weighted by molar-refractivity contribution is 5.93. The second kappa shape index (κ2) is 8.13. The van der Waals surface area contributed by atoms with E-state index in [1.165, 1.54) is 6.20 Å². The lowest BCUT2D eigenvalue weighted by atomic mass is 10.2. The van der Waals surface area contributed by atoms with Crippen molar-refractivity contribution in [3.05, 3.63) is 53.6 Å². The molecule has 2 heterocycles. The number of rotatable bonds is 8. The van der Waals surface area contributed by atoms with Gasteiger partial charge in [-0.1, -0.05) is 17.3 Å². The number of carbonyl (C=O) groups is 2. The maximum atomic E-state index is 12.2. The Bertz CT molecular complexity index is 949. The van der Waals surface area contributed by atoms with Crippen LogP contribution in [0.5, 0.6) is 5.75 Å². The SMILES string of the molecule is COc1ccccc1-n1cc(C(=O)NCCCc2nonc2C(=O)O)cn1. The van der Waals surface area contributed by atoms with Gasteiger partial charge in [0.2, 0.25) is 5.69 Å². The average molecular weight is 371 g/mol. The maximum Gasteiger partial charge on any atom is 0.360 e. The highest BCUT2D eigenvalue weighted by Gasteiger charge is 2.17. The van der Waals surface area contributed by atoms with E-state index < -0.39 is 5.97 Å². The van der Waals surface area contributed by atoms with Crippen molar-refractivity contribution in [1.29, 1.82) is 0 Å². The molecule has 3 aromatic rings. The number of carbonyl (C=O) groups excluding carboxylic acids is 1. The molecule has 0 spiro atoms. The Balaban J connectivity index is 1.55. The Hall–Kier alpha value is -3.69. The fourth-order valence-electron chi connectivity index (χ4n) is 2.48. The summed E-state index contributed by atoms with van der Waals surface area (Å²) in [5.41, 5.74) is 1.16. The van der Waals surface area contributed by atoms with Gasteiger partial charge in [0.05, 0.1) is 18.9 Å². The lowest BCUT2D eigenvalue weighted by Crippen LogP contribution is -2.24. The number of para-hydroxylation sites is 2. The average Bonchev–Trinajstić information content (AvgIpc) is 3.34. The van der Waals surface area contributed by atoms with Crippen LogP contribution in [0.3, 0.4) is 0 Å². The largest absolute Gasteiger partial charge is 0.494 e. The molecule has 0 atom stereocenters. The molecule has 140 valence electrons. The number of nitrogens with one attached hydrogen (secondary N) is 1. The lowest BCUT2D eigenvalue weighted by Gasteiger charge is -2.07. The van der Waals surface area contributed by atoms with E-state index in [4.69, 9.17) is 9.84 Å². The highest BCUT2D eigenvalue weighted by atomic mass is 16.6. The molecule has 0 saturated carbocycles. The van der Waals surface area contributed by atoms with Gasteiger partial charge in [-0.3, -0.25) is 4.79 Å². The summed E-state index contributed by atoms with van der Waals surface area (Å²) in [7, 11) is 1.57. The Morgan fingerprint density at radius 2 is 2.11 bits per heavy atom. The summed E-state index contributed by atoms with van der Waals surface area (Å²) in [6.07, 6.45) is 3.88. The van der Waals surface area contributed by atoms with Gasteiger partial charge in [0.15, 0.2) is 0 Å². The summed E-state index contributed by atoms with van der Waals surface area (Å²) >= 11 is 0. The van der Waals surface area contributed by atoms with Crippen molar-refractivity contribution < 1.29 is 24.1 Å². The van der Waals surface area contributed by atoms with E-state index in [0.717, 1.165) is 5.69 Å². The predicted octanol–water partition coefficient (Wildman–Crippen LogP) is 1.32. The fraction of sp³-hybridized carbons (Fsp3) is 0.235. The van der Waals surface area contributed by atoms with Crippen LogP contribution >= 0.6 is 0 Å². The number of nitrogens with zero attached hydrogens (tertiary/aromatic N) is 4. The van der Waals surface area contributed by atoms with E-state index in [2.05, 4.69) is 25.4 Å². The summed E-state index contributed by atoms with van der Waals surface area (Å²) < 4.78 is 11.3. The third-order valence-electron chi connectivity index (χ3n) is 3.81. The first kappa shape index (κ1) is 18.1. The van der Waals surface area contributed by atoms with Gasteiger partial charge in [0.1, 0.15) is 17.1 Å². The molecule has 0 aliphatic heterocycles. The number of carboxylic acid groups (broad SMARTS) is 1. The van der Waals surface area contributed by atoms with Crippen LogP contribution in [0.15, 0.2) is 41.3 Å². The molecule has 0 unspecified atom stereocenters. The van der Waals surface area contributed by atoms with Crippen LogP contribution in [-0.2, 0) is 6.42 Å². The van der Waals surface area contributed by atoms with Crippen LogP contribution in [0.4, 0.5) is 0 Å². The molecular weight excluding hydrogens is 354 g/mol. The summed E-state index contributed by atoms with van der Waals surface area (Å²) in [6, 6.07) is 7.34. The van der Waals surface area contributed by atoms with Crippen molar-refractivity contribution in [2.24, 2.45) is 0 Å². The summed E-state index contributed by atoms with van der Waals surface area (Å²) in [4.78, 5) is 23.2. The van der Waals surface area contributed by atoms with Gasteiger partial charge in [-0.25, -0.2) is 14.1 Å². The minimum absolute atomic E-state index is 0.209. The number of hydrogen-bond donors (Lipinski definition) is 2. The first-order valence-corrected chi connectivity index (χ1v) is 8.11. The molecule has 0 aliphatic rings. The lowest BCUT2D eigenvalue weighted by molar-refractivity contribution is 0.0683. The van der Waals surface area contributed by atoms with Gasteiger partial charge in [-0.15, -0.1) is 0 Å². The van der Waals surface area contributed by atoms with Crippen LogP contribution in [0, 0.1) is 0 Å². The fourth-order valence-corrected chi connectivity index (χ4v) is 2.48. The Morgan fingerprint density at radius 3 is 2.89 bits per heavy atom. The smallest absolute Gasteiger partial charge is 0.360 e. The second-order valence-electron chi connectivity index (χ2n) is 5.57. The van der Waals surface area contributed by atoms with Crippen LogP contribution < -0.4 is 10.1 Å². The van der Waals surface area contributed by atoms with Crippen LogP contribution in [0.2, 0.25) is 0 Å². The third kappa shape index (κ3) is 4.11. The molecule has 10 heteroatoms. The van der Waals surface area contributed by atoms with E-state index in [9.17, 15) is 9.59 Å². The molecule has 1 amide bonds. The van der Waals surface area contributed by atoms with Gasteiger partial charge < -0.3 is 15.2 Å². The zero-order chi connectivity index (χ0) is 19.2. The van der Waals surface area contributed by atoms with E-state index in [1.807, 2.05) is 18.2 Å². The summed E-state index contributed by atoms with van der Waals surface area (Å²) in [5, 5.41) is 22.8. The van der Waals surface area contributed by atoms with E-state index in [-0.39, 0.29) is 17.3 Å². The van der Waals surface area contributed by atoms with E-state index in [0.29, 0.717) is 30.7 Å². The molecule has 0 fully saturated rings. The zero-order valence-electron chi connectivity index (χ0n) is 14.5. The normalized spacial score (nSPS) is 10.6. The second-order valence-corrected chi connectivity index (χ2v) is 5.57. The molecule has 10 nitrogen and oxygen atoms in total. The minimum atomic E-state index is -1.20. The molecule has 0 bridgehead atoms. The molecule has 2 aromatic heterocycles. The predicted molar refractivity (Wildman–Crippen MR) is 92.0 cm³/mol. The summed E-state index contributed by atoms with van der Waals surface area (Å²) in [5.74, 6) is -0.838. The number of aromatic carboxylic acids is 1. The van der Waals surface area contributed by atoms with Crippen molar-refractivity contribution in [3.8, 4) is 11.4 Å². The van der Waals surface area contributed by atoms with E-state index >= 15 is 0 Å². The van der Waals surface area contributed by atoms with Crippen molar-refractivity contribution >= 4 is 11.9 Å². The Kier molecular flexibility index (Phi) is 5.45. The summed E-state index contributed by atoms with van der Waals surface area (Å²) in [6.45, 7) is 0.338. The number of carboxylic acids is 1. The van der Waals surface area contributed by atoms with Gasteiger partial charge >= 0.3 is 5.97 Å². The van der Waals surface area contributed by atoms with Crippen molar-refractivity contribution in [2.75, 3.05) is 13.7 Å². The standard InChI is InChI=1S/C17H17N5O5/c1-26-14-7-3-2-6-13(14)22-10-11(9-19-22)16(23)18-8-4-5-12-15(17(24)25)21-27-20-12/h2-3,6-7,9-10H,4-5,8H2,1H3,(H,18,23)(H,24,25). The third-order valence-corrected chi connectivity index (χ3v) is 3.81. The van der Waals surface area contributed by atoms with Crippen molar-refractivity contribution in [1.82, 2.24) is 25.4 Å². The number of benzene rings is 1. The van der Waals surface area contributed by atoms with Crippen molar-refractivity contribution in [3.63, 3.8) is 0 Å². The number of aromatic nitrogens is 4. The van der Waals surface area contributed by atoms with Gasteiger partial charge in [-0.05, 0) is 30.1 Å². The van der Waals surface area contributed by atoms with Gasteiger partial charge in [-0.2, -0.15) is 5.10 Å². The molecule has 0 radical (unpaired) electrons. The monoisotopic (exact) mass is 371 g/mol. The Morgan fingerprint density at radius 1 is 1.30 bits per heavy atom. The number of ether oxygens (including phenoxy) is 1. The topological polar surface area (TPSA) is 132 Å². The minimum Gasteiger partial charge on any atom is -0.494 e. The van der Waals surface area contributed by atoms with Crippen LogP contribution in [-0.4, -0.2) is 50.7 Å². The molecule has 2 N–H and O–H groups in total. The maximum absolute atomic E-state index is 12.2. The quantitative estimate of drug-likeness (QED) is 0.567. The Labute approximate surface area is 153 Å². The molecule has 1 aromatic carbocycles. The van der Waals surface area contributed by atoms with Gasteiger partial charge in [0, 0.05) is 12.7 Å². The highest BCUT2D eigenvalue weighted by Crippen LogP contribution is 2.21. The zero-order valence-corrected chi connectivity index (χ0v) is 14.5. The number of aryl methyl sites for hydroxylation is 1. The van der Waals surface area contributed by atoms with Gasteiger partial charge in [0.25, 0.3) is 5.91 Å². The molecule has 3 rings (SSSR count). The molecule has 0 aliphatic carbocycles. The van der Waals surface area contributed by atoms with E-state index in [1.54, 1.807) is 24.1 Å². The number of amides is 1. The number of methoxy groups -OCH3 is 1.